The van der Waals surface area contributed by atoms with Crippen LogP contribution in [0.1, 0.15) is 67.5 Å². The smallest absolute Gasteiger partial charge is 0.0960 e. The van der Waals surface area contributed by atoms with Crippen molar-refractivity contribution in [3.63, 3.8) is 0 Å². The van der Waals surface area contributed by atoms with Gasteiger partial charge in [-0.3, -0.25) is 0 Å². The molecule has 88 valence electrons. The Morgan fingerprint density at radius 2 is 1.88 bits per heavy atom. The van der Waals surface area contributed by atoms with Crippen molar-refractivity contribution in [2.75, 3.05) is 0 Å². The van der Waals surface area contributed by atoms with Gasteiger partial charge in [0.05, 0.1) is 10.7 Å². The van der Waals surface area contributed by atoms with E-state index < -0.39 is 0 Å². The van der Waals surface area contributed by atoms with E-state index in [4.69, 9.17) is 10.7 Å². The van der Waals surface area contributed by atoms with Crippen molar-refractivity contribution in [2.45, 2.75) is 62.8 Å². The first-order chi connectivity index (χ1) is 7.83. The minimum absolute atomic E-state index is 0.437. The molecule has 2 aliphatic rings. The molecule has 0 unspecified atom stereocenters. The van der Waals surface area contributed by atoms with Gasteiger partial charge in [-0.15, -0.1) is 11.3 Å². The van der Waals surface area contributed by atoms with Crippen LogP contribution in [-0.4, -0.2) is 11.0 Å². The van der Waals surface area contributed by atoms with Gasteiger partial charge < -0.3 is 5.73 Å². The predicted molar refractivity (Wildman–Crippen MR) is 67.9 cm³/mol. The van der Waals surface area contributed by atoms with Gasteiger partial charge in [0.2, 0.25) is 0 Å². The lowest BCUT2D eigenvalue weighted by Crippen LogP contribution is -2.34. The fourth-order valence-electron chi connectivity index (χ4n) is 2.94. The van der Waals surface area contributed by atoms with Gasteiger partial charge in [-0.2, -0.15) is 0 Å². The molecule has 0 aromatic carbocycles. The molecule has 2 nitrogen and oxygen atoms in total. The first-order valence-corrected chi connectivity index (χ1v) is 7.42. The van der Waals surface area contributed by atoms with Crippen molar-refractivity contribution in [3.8, 4) is 0 Å². The highest BCUT2D eigenvalue weighted by Gasteiger charge is 2.30. The third kappa shape index (κ3) is 2.03. The van der Waals surface area contributed by atoms with E-state index >= 15 is 0 Å². The summed E-state index contributed by atoms with van der Waals surface area (Å²) in [4.78, 5) is 4.85. The summed E-state index contributed by atoms with van der Waals surface area (Å²) >= 11 is 1.86. The van der Waals surface area contributed by atoms with E-state index in [9.17, 15) is 0 Å². The van der Waals surface area contributed by atoms with Crippen LogP contribution in [0.3, 0.4) is 0 Å². The van der Waals surface area contributed by atoms with Crippen LogP contribution >= 0.6 is 11.3 Å². The Hall–Kier alpha value is -0.410. The average molecular weight is 236 g/mol. The second kappa shape index (κ2) is 4.46. The van der Waals surface area contributed by atoms with Gasteiger partial charge >= 0.3 is 0 Å². The van der Waals surface area contributed by atoms with Crippen molar-refractivity contribution in [1.82, 2.24) is 4.98 Å². The molecule has 2 aliphatic carbocycles. The van der Waals surface area contributed by atoms with E-state index in [-0.39, 0.29) is 0 Å². The molecule has 16 heavy (non-hydrogen) atoms. The van der Waals surface area contributed by atoms with E-state index in [1.54, 1.807) is 0 Å². The summed E-state index contributed by atoms with van der Waals surface area (Å²) in [6.07, 6.45) is 9.22. The zero-order valence-electron chi connectivity index (χ0n) is 9.69. The molecule has 0 saturated heterocycles. The molecule has 2 fully saturated rings. The lowest BCUT2D eigenvalue weighted by Gasteiger charge is -2.30. The van der Waals surface area contributed by atoms with Crippen LogP contribution in [0.25, 0.3) is 0 Å². The molecule has 2 N–H and O–H groups in total. The standard InChI is InChI=1S/C13H20N2S/c14-11-6-10(7-11)13-15-12(8-16-13)9-4-2-1-3-5-9/h8-11H,1-7,14H2. The predicted octanol–water partition coefficient (Wildman–Crippen LogP) is 3.40. The molecule has 3 rings (SSSR count). The first-order valence-electron chi connectivity index (χ1n) is 6.54. The summed E-state index contributed by atoms with van der Waals surface area (Å²) in [7, 11) is 0. The molecule has 0 aliphatic heterocycles. The van der Waals surface area contributed by atoms with E-state index in [1.165, 1.54) is 42.8 Å². The van der Waals surface area contributed by atoms with Crippen molar-refractivity contribution in [1.29, 1.82) is 0 Å². The zero-order chi connectivity index (χ0) is 11.0. The molecule has 0 amide bonds. The van der Waals surface area contributed by atoms with Crippen LogP contribution in [0.4, 0.5) is 0 Å². The van der Waals surface area contributed by atoms with Gasteiger partial charge in [-0.1, -0.05) is 19.3 Å². The maximum Gasteiger partial charge on any atom is 0.0960 e. The van der Waals surface area contributed by atoms with Gasteiger partial charge in [-0.25, -0.2) is 4.98 Å². The molecule has 1 aromatic rings. The molecule has 1 aromatic heterocycles. The minimum Gasteiger partial charge on any atom is -0.328 e. The molecule has 2 saturated carbocycles. The largest absolute Gasteiger partial charge is 0.328 e. The number of hydrogen-bond acceptors (Lipinski definition) is 3. The number of aromatic nitrogens is 1. The van der Waals surface area contributed by atoms with Gasteiger partial charge in [0.1, 0.15) is 0 Å². The van der Waals surface area contributed by atoms with Gasteiger partial charge in [-0.05, 0) is 25.7 Å². The molecular formula is C13H20N2S. The average Bonchev–Trinajstić information content (AvgIpc) is 2.75. The highest BCUT2D eigenvalue weighted by molar-refractivity contribution is 7.09. The highest BCUT2D eigenvalue weighted by atomic mass is 32.1. The number of thiazole rings is 1. The van der Waals surface area contributed by atoms with E-state index in [1.807, 2.05) is 11.3 Å². The Labute approximate surface area is 101 Å². The summed E-state index contributed by atoms with van der Waals surface area (Å²) in [5.74, 6) is 1.44. The number of rotatable bonds is 2. The van der Waals surface area contributed by atoms with Crippen molar-refractivity contribution in [2.24, 2.45) is 5.73 Å². The van der Waals surface area contributed by atoms with Crippen LogP contribution < -0.4 is 5.73 Å². The maximum atomic E-state index is 5.83. The first kappa shape index (κ1) is 10.7. The van der Waals surface area contributed by atoms with Crippen molar-refractivity contribution < 1.29 is 0 Å². The normalized spacial score (nSPS) is 31.3. The lowest BCUT2D eigenvalue weighted by atomic mass is 9.81. The molecule has 0 radical (unpaired) electrons. The molecule has 3 heteroatoms. The van der Waals surface area contributed by atoms with Gasteiger partial charge in [0.15, 0.2) is 0 Å². The summed E-state index contributed by atoms with van der Waals surface area (Å²) < 4.78 is 0. The minimum atomic E-state index is 0.437. The van der Waals surface area contributed by atoms with Crippen molar-refractivity contribution >= 4 is 11.3 Å². The van der Waals surface area contributed by atoms with Crippen LogP contribution in [0.5, 0.6) is 0 Å². The fraction of sp³-hybridized carbons (Fsp3) is 0.769. The second-order valence-corrected chi connectivity index (χ2v) is 6.26. The number of nitrogens with zero attached hydrogens (tertiary/aromatic N) is 1. The lowest BCUT2D eigenvalue weighted by molar-refractivity contribution is 0.349. The van der Waals surface area contributed by atoms with Gasteiger partial charge in [0, 0.05) is 23.3 Å². The molecular weight excluding hydrogens is 216 g/mol. The molecule has 0 spiro atoms. The summed E-state index contributed by atoms with van der Waals surface area (Å²) in [6.45, 7) is 0. The Bertz CT molecular complexity index is 349. The summed E-state index contributed by atoms with van der Waals surface area (Å²) in [5.41, 5.74) is 7.21. The second-order valence-electron chi connectivity index (χ2n) is 5.37. The number of nitrogens with two attached hydrogens (primary N) is 1. The van der Waals surface area contributed by atoms with Gasteiger partial charge in [0.25, 0.3) is 0 Å². The van der Waals surface area contributed by atoms with E-state index in [0.717, 1.165) is 18.8 Å². The molecule has 0 bridgehead atoms. The Kier molecular flexibility index (Phi) is 2.99. The Morgan fingerprint density at radius 1 is 1.12 bits per heavy atom. The maximum absolute atomic E-state index is 5.83. The Morgan fingerprint density at radius 3 is 2.56 bits per heavy atom. The molecule has 0 atom stereocenters. The summed E-state index contributed by atoms with van der Waals surface area (Å²) in [5, 5.41) is 3.65. The summed E-state index contributed by atoms with van der Waals surface area (Å²) in [6, 6.07) is 0.437. The fourth-order valence-corrected chi connectivity index (χ4v) is 3.97. The Balaban J connectivity index is 1.67. The number of hydrogen-bond donors (Lipinski definition) is 1. The van der Waals surface area contributed by atoms with E-state index in [0.29, 0.717) is 12.0 Å². The van der Waals surface area contributed by atoms with Crippen LogP contribution in [0.15, 0.2) is 5.38 Å². The monoisotopic (exact) mass is 236 g/mol. The van der Waals surface area contributed by atoms with Crippen LogP contribution in [0.2, 0.25) is 0 Å². The van der Waals surface area contributed by atoms with E-state index in [2.05, 4.69) is 5.38 Å². The zero-order valence-corrected chi connectivity index (χ0v) is 10.5. The van der Waals surface area contributed by atoms with Crippen LogP contribution in [0, 0.1) is 0 Å². The van der Waals surface area contributed by atoms with Crippen LogP contribution in [-0.2, 0) is 0 Å². The SMILES string of the molecule is NC1CC(c2nc(C3CCCCC3)cs2)C1. The van der Waals surface area contributed by atoms with Crippen molar-refractivity contribution in [3.05, 3.63) is 16.1 Å². The third-order valence-corrected chi connectivity index (χ3v) is 5.11. The third-order valence-electron chi connectivity index (χ3n) is 4.09. The highest BCUT2D eigenvalue weighted by Crippen LogP contribution is 2.39. The quantitative estimate of drug-likeness (QED) is 0.854. The molecule has 1 heterocycles. The topological polar surface area (TPSA) is 38.9 Å².